The van der Waals surface area contributed by atoms with Crippen molar-refractivity contribution in [1.29, 1.82) is 0 Å². The van der Waals surface area contributed by atoms with Gasteiger partial charge in [-0.25, -0.2) is 4.79 Å². The van der Waals surface area contributed by atoms with Crippen molar-refractivity contribution >= 4 is 22.8 Å². The van der Waals surface area contributed by atoms with E-state index in [1.165, 1.54) is 4.90 Å². The van der Waals surface area contributed by atoms with Crippen LogP contribution in [0.25, 0.3) is 10.9 Å². The molecule has 104 valence electrons. The summed E-state index contributed by atoms with van der Waals surface area (Å²) in [6.07, 6.45) is 1.28. The number of nitrogens with zero attached hydrogens (tertiary/aromatic N) is 2. The third-order valence-corrected chi connectivity index (χ3v) is 3.97. The molecule has 3 rings (SSSR count). The van der Waals surface area contributed by atoms with Crippen LogP contribution in [0.3, 0.4) is 0 Å². The van der Waals surface area contributed by atoms with Crippen molar-refractivity contribution in [2.75, 3.05) is 6.54 Å². The number of rotatable bonds is 2. The zero-order valence-electron chi connectivity index (χ0n) is 11.2. The molecule has 1 aliphatic heterocycles. The summed E-state index contributed by atoms with van der Waals surface area (Å²) in [6, 6.07) is 8.88. The second-order valence-corrected chi connectivity index (χ2v) is 5.14. The van der Waals surface area contributed by atoms with Gasteiger partial charge in [-0.3, -0.25) is 4.79 Å². The number of carbonyl (C=O) groups is 2. The van der Waals surface area contributed by atoms with Gasteiger partial charge in [-0.2, -0.15) is 0 Å². The van der Waals surface area contributed by atoms with E-state index in [1.54, 1.807) is 0 Å². The van der Waals surface area contributed by atoms with Crippen LogP contribution in [0.15, 0.2) is 30.3 Å². The molecule has 5 heteroatoms. The van der Waals surface area contributed by atoms with Gasteiger partial charge in [0.15, 0.2) is 0 Å². The van der Waals surface area contributed by atoms with Gasteiger partial charge in [0.05, 0.1) is 0 Å². The Morgan fingerprint density at radius 1 is 1.30 bits per heavy atom. The van der Waals surface area contributed by atoms with Crippen LogP contribution in [0.2, 0.25) is 0 Å². The summed E-state index contributed by atoms with van der Waals surface area (Å²) in [5.41, 5.74) is 1.52. The summed E-state index contributed by atoms with van der Waals surface area (Å²) in [5.74, 6) is -1.12. The number of amides is 1. The van der Waals surface area contributed by atoms with Gasteiger partial charge in [-0.05, 0) is 25.0 Å². The fourth-order valence-electron chi connectivity index (χ4n) is 2.91. The van der Waals surface area contributed by atoms with Crippen LogP contribution in [-0.4, -0.2) is 39.0 Å². The van der Waals surface area contributed by atoms with Crippen LogP contribution >= 0.6 is 0 Å². The maximum Gasteiger partial charge on any atom is 0.326 e. The van der Waals surface area contributed by atoms with Gasteiger partial charge < -0.3 is 14.6 Å². The third-order valence-electron chi connectivity index (χ3n) is 3.97. The lowest BCUT2D eigenvalue weighted by atomic mass is 10.2. The first-order chi connectivity index (χ1) is 9.59. The van der Waals surface area contributed by atoms with Gasteiger partial charge in [-0.15, -0.1) is 0 Å². The average Bonchev–Trinajstić information content (AvgIpc) is 3.04. The summed E-state index contributed by atoms with van der Waals surface area (Å²) in [6.45, 7) is 0.511. The van der Waals surface area contributed by atoms with Crippen molar-refractivity contribution in [3.8, 4) is 0 Å². The molecule has 0 unspecified atom stereocenters. The van der Waals surface area contributed by atoms with E-state index in [0.717, 1.165) is 17.3 Å². The predicted molar refractivity (Wildman–Crippen MR) is 74.6 cm³/mol. The molecule has 0 saturated carbocycles. The fraction of sp³-hybridized carbons (Fsp3) is 0.333. The highest BCUT2D eigenvalue weighted by Gasteiger charge is 2.35. The molecule has 1 aliphatic rings. The number of hydrogen-bond donors (Lipinski definition) is 1. The quantitative estimate of drug-likeness (QED) is 0.907. The van der Waals surface area contributed by atoms with E-state index in [4.69, 9.17) is 0 Å². The Bertz CT molecular complexity index is 689. The highest BCUT2D eigenvalue weighted by atomic mass is 16.4. The summed E-state index contributed by atoms with van der Waals surface area (Å²) >= 11 is 0. The number of para-hydroxylation sites is 1. The monoisotopic (exact) mass is 272 g/mol. The first-order valence-corrected chi connectivity index (χ1v) is 6.68. The molecule has 1 saturated heterocycles. The molecule has 1 fully saturated rings. The number of carbonyl (C=O) groups excluding carboxylic acids is 1. The molecule has 1 N–H and O–H groups in total. The molecule has 0 aliphatic carbocycles. The normalized spacial score (nSPS) is 18.6. The van der Waals surface area contributed by atoms with Crippen molar-refractivity contribution in [3.63, 3.8) is 0 Å². The van der Waals surface area contributed by atoms with Crippen molar-refractivity contribution < 1.29 is 14.7 Å². The lowest BCUT2D eigenvalue weighted by molar-refractivity contribution is -0.141. The van der Waals surface area contributed by atoms with Gasteiger partial charge in [0.2, 0.25) is 0 Å². The van der Waals surface area contributed by atoms with E-state index < -0.39 is 12.0 Å². The number of fused-ring (bicyclic) bond motifs is 1. The number of benzene rings is 1. The van der Waals surface area contributed by atoms with Crippen LogP contribution in [0.1, 0.15) is 23.3 Å². The lowest BCUT2D eigenvalue weighted by Gasteiger charge is -2.21. The van der Waals surface area contributed by atoms with E-state index in [9.17, 15) is 14.7 Å². The van der Waals surface area contributed by atoms with Gasteiger partial charge in [0.25, 0.3) is 5.91 Å². The Hall–Kier alpha value is -2.30. The Morgan fingerprint density at radius 3 is 2.75 bits per heavy atom. The summed E-state index contributed by atoms with van der Waals surface area (Å²) < 4.78 is 1.83. The molecular weight excluding hydrogens is 256 g/mol. The maximum absolute atomic E-state index is 12.6. The third kappa shape index (κ3) is 1.86. The second kappa shape index (κ2) is 4.67. The van der Waals surface area contributed by atoms with Crippen LogP contribution in [0.5, 0.6) is 0 Å². The maximum atomic E-state index is 12.6. The van der Waals surface area contributed by atoms with Gasteiger partial charge in [0.1, 0.15) is 11.7 Å². The first kappa shape index (κ1) is 12.7. The van der Waals surface area contributed by atoms with Crippen LogP contribution in [0.4, 0.5) is 0 Å². The molecule has 5 nitrogen and oxygen atoms in total. The lowest BCUT2D eigenvalue weighted by Crippen LogP contribution is -2.41. The second-order valence-electron chi connectivity index (χ2n) is 5.14. The molecule has 2 heterocycles. The molecule has 1 aromatic carbocycles. The number of aromatic nitrogens is 1. The van der Waals surface area contributed by atoms with Crippen LogP contribution in [0, 0.1) is 0 Å². The number of aliphatic carboxylic acids is 1. The molecule has 2 aromatic rings. The van der Waals surface area contributed by atoms with E-state index in [-0.39, 0.29) is 5.91 Å². The summed E-state index contributed by atoms with van der Waals surface area (Å²) in [4.78, 5) is 25.3. The van der Waals surface area contributed by atoms with Gasteiger partial charge >= 0.3 is 5.97 Å². The number of hydrogen-bond acceptors (Lipinski definition) is 2. The highest BCUT2D eigenvalue weighted by molar-refractivity contribution is 6.00. The smallest absolute Gasteiger partial charge is 0.326 e. The zero-order valence-corrected chi connectivity index (χ0v) is 11.2. The van der Waals surface area contributed by atoms with Crippen molar-refractivity contribution in [1.82, 2.24) is 9.47 Å². The van der Waals surface area contributed by atoms with Crippen LogP contribution in [-0.2, 0) is 11.8 Å². The molecule has 0 bridgehead atoms. The van der Waals surface area contributed by atoms with E-state index in [1.807, 2.05) is 41.9 Å². The Kier molecular flexibility index (Phi) is 2.97. The molecule has 0 radical (unpaired) electrons. The van der Waals surface area contributed by atoms with Gasteiger partial charge in [0, 0.05) is 24.5 Å². The Balaban J connectivity index is 2.00. The van der Waals surface area contributed by atoms with Crippen LogP contribution < -0.4 is 0 Å². The van der Waals surface area contributed by atoms with E-state index in [0.29, 0.717) is 18.7 Å². The molecule has 1 aromatic heterocycles. The molecule has 1 atom stereocenters. The minimum atomic E-state index is -0.922. The highest BCUT2D eigenvalue weighted by Crippen LogP contribution is 2.24. The standard InChI is InChI=1S/C15H16N2O3/c1-16-11-6-3-2-5-10(11)9-13(16)14(18)17-8-4-7-12(17)15(19)20/h2-3,5-6,9,12H,4,7-8H2,1H3,(H,19,20)/t12-/m0/s1. The van der Waals surface area contributed by atoms with Crippen molar-refractivity contribution in [3.05, 3.63) is 36.0 Å². The van der Waals surface area contributed by atoms with E-state index >= 15 is 0 Å². The topological polar surface area (TPSA) is 62.5 Å². The first-order valence-electron chi connectivity index (χ1n) is 6.68. The Morgan fingerprint density at radius 2 is 2.05 bits per heavy atom. The average molecular weight is 272 g/mol. The predicted octanol–water partition coefficient (Wildman–Crippen LogP) is 1.87. The summed E-state index contributed by atoms with van der Waals surface area (Å²) in [5, 5.41) is 10.2. The molecular formula is C15H16N2O3. The minimum Gasteiger partial charge on any atom is -0.480 e. The number of aryl methyl sites for hydroxylation is 1. The fourth-order valence-corrected chi connectivity index (χ4v) is 2.91. The number of carboxylic acid groups (broad SMARTS) is 1. The largest absolute Gasteiger partial charge is 0.480 e. The zero-order chi connectivity index (χ0) is 14.3. The van der Waals surface area contributed by atoms with E-state index in [2.05, 4.69) is 0 Å². The molecule has 20 heavy (non-hydrogen) atoms. The van der Waals surface area contributed by atoms with Crippen molar-refractivity contribution in [2.45, 2.75) is 18.9 Å². The summed E-state index contributed by atoms with van der Waals surface area (Å²) in [7, 11) is 1.83. The van der Waals surface area contributed by atoms with Gasteiger partial charge in [-0.1, -0.05) is 18.2 Å². The molecule has 1 amide bonds. The molecule has 0 spiro atoms. The SMILES string of the molecule is Cn1c(C(=O)N2CCC[C@H]2C(=O)O)cc2ccccc21. The van der Waals surface area contributed by atoms with Crippen molar-refractivity contribution in [2.24, 2.45) is 7.05 Å². The number of carboxylic acids is 1. The Labute approximate surface area is 116 Å². The minimum absolute atomic E-state index is 0.200. The number of likely N-dealkylation sites (tertiary alicyclic amines) is 1.